The van der Waals surface area contributed by atoms with Gasteiger partial charge in [0.2, 0.25) is 0 Å². The molecule has 0 saturated heterocycles. The molecule has 2 aliphatic carbocycles. The first-order valence-electron chi connectivity index (χ1n) is 7.30. The van der Waals surface area contributed by atoms with Gasteiger partial charge in [0.15, 0.2) is 0 Å². The topological polar surface area (TPSA) is 34.9 Å². The maximum atomic E-state index is 12.4. The number of hydrogen-bond acceptors (Lipinski definition) is 2. The Bertz CT molecular complexity index is 437. The number of aromatic nitrogens is 2. The van der Waals surface area contributed by atoms with Crippen LogP contribution >= 0.6 is 0 Å². The summed E-state index contributed by atoms with van der Waals surface area (Å²) in [6.07, 6.45) is 10.5. The molecule has 1 aromatic heterocycles. The first kappa shape index (κ1) is 11.9. The summed E-state index contributed by atoms with van der Waals surface area (Å²) in [6.45, 7) is 3.13. The van der Waals surface area contributed by atoms with Crippen LogP contribution in [0.15, 0.2) is 12.4 Å². The van der Waals surface area contributed by atoms with Crippen molar-refractivity contribution in [1.29, 1.82) is 0 Å². The molecule has 1 heterocycles. The summed E-state index contributed by atoms with van der Waals surface area (Å²) in [6, 6.07) is 0. The Kier molecular flexibility index (Phi) is 3.23. The normalized spacial score (nSPS) is 29.9. The minimum atomic E-state index is 0.343. The standard InChI is InChI=1S/C15H22N2O/c1-2-6-17-7-5-16-15(17)10-14(18)13-9-11-3-4-12(13)8-11/h5,7,11-13H,2-4,6,8-10H2,1H3. The highest BCUT2D eigenvalue weighted by Gasteiger charge is 2.42. The fourth-order valence-electron chi connectivity index (χ4n) is 3.88. The van der Waals surface area contributed by atoms with E-state index < -0.39 is 0 Å². The summed E-state index contributed by atoms with van der Waals surface area (Å²) < 4.78 is 2.13. The third kappa shape index (κ3) is 2.11. The van der Waals surface area contributed by atoms with Gasteiger partial charge in [-0.3, -0.25) is 4.79 Å². The van der Waals surface area contributed by atoms with Crippen molar-refractivity contribution in [3.63, 3.8) is 0 Å². The molecule has 2 saturated carbocycles. The minimum Gasteiger partial charge on any atom is -0.335 e. The molecule has 2 aliphatic rings. The van der Waals surface area contributed by atoms with E-state index in [4.69, 9.17) is 0 Å². The lowest BCUT2D eigenvalue weighted by Crippen LogP contribution is -2.24. The second-order valence-corrected chi connectivity index (χ2v) is 5.96. The largest absolute Gasteiger partial charge is 0.335 e. The molecular formula is C15H22N2O. The van der Waals surface area contributed by atoms with Gasteiger partial charge in [-0.25, -0.2) is 4.98 Å². The fourth-order valence-corrected chi connectivity index (χ4v) is 3.88. The third-order valence-electron chi connectivity index (χ3n) is 4.75. The van der Waals surface area contributed by atoms with Crippen LogP contribution in [0.2, 0.25) is 0 Å². The van der Waals surface area contributed by atoms with E-state index in [0.717, 1.165) is 31.1 Å². The lowest BCUT2D eigenvalue weighted by Gasteiger charge is -2.20. The maximum absolute atomic E-state index is 12.4. The van der Waals surface area contributed by atoms with Crippen LogP contribution in [0.4, 0.5) is 0 Å². The average molecular weight is 246 g/mol. The second-order valence-electron chi connectivity index (χ2n) is 5.96. The third-order valence-corrected chi connectivity index (χ3v) is 4.75. The van der Waals surface area contributed by atoms with Gasteiger partial charge >= 0.3 is 0 Å². The average Bonchev–Trinajstić information content (AvgIpc) is 3.06. The quantitative estimate of drug-likeness (QED) is 0.800. The van der Waals surface area contributed by atoms with E-state index in [-0.39, 0.29) is 0 Å². The molecule has 3 atom stereocenters. The number of carbonyl (C=O) groups excluding carboxylic acids is 1. The van der Waals surface area contributed by atoms with Gasteiger partial charge < -0.3 is 4.57 Å². The zero-order chi connectivity index (χ0) is 12.5. The van der Waals surface area contributed by atoms with Crippen LogP contribution in [0.1, 0.15) is 44.9 Å². The molecule has 0 spiro atoms. The Morgan fingerprint density at radius 2 is 2.33 bits per heavy atom. The van der Waals surface area contributed by atoms with Gasteiger partial charge in [-0.2, -0.15) is 0 Å². The van der Waals surface area contributed by atoms with Gasteiger partial charge in [-0.05, 0) is 37.5 Å². The van der Waals surface area contributed by atoms with Gasteiger partial charge in [0, 0.05) is 24.9 Å². The number of carbonyl (C=O) groups is 1. The Hall–Kier alpha value is -1.12. The number of Topliss-reactive ketones (excluding diaryl/α,β-unsaturated/α-hetero) is 1. The van der Waals surface area contributed by atoms with E-state index in [1.54, 1.807) is 0 Å². The monoisotopic (exact) mass is 246 g/mol. The van der Waals surface area contributed by atoms with Crippen molar-refractivity contribution in [3.05, 3.63) is 18.2 Å². The second kappa shape index (κ2) is 4.87. The van der Waals surface area contributed by atoms with E-state index in [0.29, 0.717) is 24.0 Å². The Labute approximate surface area is 109 Å². The first-order chi connectivity index (χ1) is 8.78. The lowest BCUT2D eigenvalue weighted by atomic mass is 9.84. The molecule has 98 valence electrons. The Morgan fingerprint density at radius 3 is 3.00 bits per heavy atom. The molecule has 0 aromatic carbocycles. The highest BCUT2D eigenvalue weighted by atomic mass is 16.1. The molecule has 0 N–H and O–H groups in total. The summed E-state index contributed by atoms with van der Waals surface area (Å²) in [4.78, 5) is 16.8. The van der Waals surface area contributed by atoms with Gasteiger partial charge in [0.05, 0.1) is 6.42 Å². The predicted molar refractivity (Wildman–Crippen MR) is 70.2 cm³/mol. The van der Waals surface area contributed by atoms with Crippen LogP contribution in [-0.4, -0.2) is 15.3 Å². The van der Waals surface area contributed by atoms with Gasteiger partial charge in [-0.1, -0.05) is 13.3 Å². The number of aryl methyl sites for hydroxylation is 1. The summed E-state index contributed by atoms with van der Waals surface area (Å²) >= 11 is 0. The summed E-state index contributed by atoms with van der Waals surface area (Å²) in [5.74, 6) is 3.28. The van der Waals surface area contributed by atoms with E-state index in [1.807, 2.05) is 12.4 Å². The predicted octanol–water partition coefficient (Wildman–Crippen LogP) is 2.84. The molecule has 3 rings (SSSR count). The van der Waals surface area contributed by atoms with Crippen molar-refractivity contribution in [3.8, 4) is 0 Å². The molecule has 1 aromatic rings. The van der Waals surface area contributed by atoms with Crippen molar-refractivity contribution in [2.75, 3.05) is 0 Å². The van der Waals surface area contributed by atoms with Crippen LogP contribution in [0.3, 0.4) is 0 Å². The number of fused-ring (bicyclic) bond motifs is 2. The summed E-state index contributed by atoms with van der Waals surface area (Å²) in [7, 11) is 0. The lowest BCUT2D eigenvalue weighted by molar-refractivity contribution is -0.123. The van der Waals surface area contributed by atoms with Gasteiger partial charge in [0.25, 0.3) is 0 Å². The van der Waals surface area contributed by atoms with Crippen LogP contribution in [0.5, 0.6) is 0 Å². The van der Waals surface area contributed by atoms with E-state index in [9.17, 15) is 4.79 Å². The van der Waals surface area contributed by atoms with Crippen molar-refractivity contribution in [2.24, 2.45) is 17.8 Å². The smallest absolute Gasteiger partial charge is 0.143 e. The molecule has 2 fully saturated rings. The number of hydrogen-bond donors (Lipinski definition) is 0. The van der Waals surface area contributed by atoms with Crippen molar-refractivity contribution in [1.82, 2.24) is 9.55 Å². The van der Waals surface area contributed by atoms with E-state index in [2.05, 4.69) is 16.5 Å². The molecule has 18 heavy (non-hydrogen) atoms. The highest BCUT2D eigenvalue weighted by Crippen LogP contribution is 2.48. The van der Waals surface area contributed by atoms with Crippen molar-refractivity contribution < 1.29 is 4.79 Å². The molecular weight excluding hydrogens is 224 g/mol. The molecule has 0 amide bonds. The van der Waals surface area contributed by atoms with Crippen LogP contribution in [0.25, 0.3) is 0 Å². The Balaban J connectivity index is 1.65. The number of imidazole rings is 1. The van der Waals surface area contributed by atoms with Crippen LogP contribution < -0.4 is 0 Å². The molecule has 3 unspecified atom stereocenters. The van der Waals surface area contributed by atoms with Crippen LogP contribution in [-0.2, 0) is 17.8 Å². The minimum absolute atomic E-state index is 0.343. The van der Waals surface area contributed by atoms with Gasteiger partial charge in [-0.15, -0.1) is 0 Å². The molecule has 0 radical (unpaired) electrons. The van der Waals surface area contributed by atoms with Crippen molar-refractivity contribution in [2.45, 2.75) is 52.0 Å². The maximum Gasteiger partial charge on any atom is 0.143 e. The zero-order valence-electron chi connectivity index (χ0n) is 11.1. The highest BCUT2D eigenvalue weighted by molar-refractivity contribution is 5.83. The Morgan fingerprint density at radius 1 is 1.44 bits per heavy atom. The molecule has 3 nitrogen and oxygen atoms in total. The number of ketones is 1. The van der Waals surface area contributed by atoms with Gasteiger partial charge in [0.1, 0.15) is 11.6 Å². The zero-order valence-corrected chi connectivity index (χ0v) is 11.1. The van der Waals surface area contributed by atoms with E-state index in [1.165, 1.54) is 19.3 Å². The number of nitrogens with zero attached hydrogens (tertiary/aromatic N) is 2. The first-order valence-corrected chi connectivity index (χ1v) is 7.30. The van der Waals surface area contributed by atoms with E-state index >= 15 is 0 Å². The summed E-state index contributed by atoms with van der Waals surface area (Å²) in [5, 5.41) is 0. The molecule has 0 aliphatic heterocycles. The fraction of sp³-hybridized carbons (Fsp3) is 0.733. The molecule has 3 heteroatoms. The number of rotatable bonds is 5. The van der Waals surface area contributed by atoms with Crippen LogP contribution in [0, 0.1) is 17.8 Å². The van der Waals surface area contributed by atoms with Crippen molar-refractivity contribution >= 4 is 5.78 Å². The molecule has 2 bridgehead atoms. The SMILES string of the molecule is CCCn1ccnc1CC(=O)C1CC2CCC1C2. The summed E-state index contributed by atoms with van der Waals surface area (Å²) in [5.41, 5.74) is 0.